The zero-order valence-corrected chi connectivity index (χ0v) is 12.7. The number of nitrogens with zero attached hydrogens (tertiary/aromatic N) is 1. The lowest BCUT2D eigenvalue weighted by Gasteiger charge is -2.17. The fourth-order valence-corrected chi connectivity index (χ4v) is 2.54. The maximum absolute atomic E-state index is 12.1. The molecule has 0 aromatic heterocycles. The number of hydrogen-bond donors (Lipinski definition) is 0. The predicted molar refractivity (Wildman–Crippen MR) is 80.6 cm³/mol. The summed E-state index contributed by atoms with van der Waals surface area (Å²) in [4.78, 5) is 13.9. The van der Waals surface area contributed by atoms with Crippen LogP contribution in [0.5, 0.6) is 5.75 Å². The maximum Gasteiger partial charge on any atom is 0.260 e. The Morgan fingerprint density at radius 3 is 2.71 bits per heavy atom. The summed E-state index contributed by atoms with van der Waals surface area (Å²) >= 11 is 5.81. The van der Waals surface area contributed by atoms with Gasteiger partial charge in [0.05, 0.1) is 6.10 Å². The SMILES string of the molecule is O=C(COc1ccc(Cl)cc1)N1CC[C@H](OCC2CC2)C1. The molecule has 0 N–H and O–H groups in total. The third-order valence-corrected chi connectivity index (χ3v) is 4.19. The molecule has 1 amide bonds. The Morgan fingerprint density at radius 1 is 1.24 bits per heavy atom. The Hall–Kier alpha value is -1.26. The first-order valence-corrected chi connectivity index (χ1v) is 7.86. The smallest absolute Gasteiger partial charge is 0.260 e. The van der Waals surface area contributed by atoms with Gasteiger partial charge in [-0.1, -0.05) is 11.6 Å². The summed E-state index contributed by atoms with van der Waals surface area (Å²) in [6.07, 6.45) is 3.72. The zero-order chi connectivity index (χ0) is 14.7. The molecule has 0 bridgehead atoms. The minimum absolute atomic E-state index is 0.0162. The molecule has 1 aliphatic carbocycles. The van der Waals surface area contributed by atoms with Gasteiger partial charge in [0.15, 0.2) is 6.61 Å². The molecule has 0 radical (unpaired) electrons. The van der Waals surface area contributed by atoms with Gasteiger partial charge in [0.1, 0.15) is 5.75 Å². The third-order valence-electron chi connectivity index (χ3n) is 3.94. The number of halogens is 1. The number of carbonyl (C=O) groups is 1. The number of ether oxygens (including phenoxy) is 2. The van der Waals surface area contributed by atoms with E-state index in [9.17, 15) is 4.79 Å². The van der Waals surface area contributed by atoms with Crippen molar-refractivity contribution in [1.29, 1.82) is 0 Å². The van der Waals surface area contributed by atoms with E-state index in [0.717, 1.165) is 25.5 Å². The van der Waals surface area contributed by atoms with Crippen LogP contribution in [0.15, 0.2) is 24.3 Å². The third kappa shape index (κ3) is 4.35. The van der Waals surface area contributed by atoms with Crippen molar-refractivity contribution >= 4 is 17.5 Å². The Kier molecular flexibility index (Phi) is 4.66. The number of benzene rings is 1. The highest BCUT2D eigenvalue weighted by atomic mass is 35.5. The van der Waals surface area contributed by atoms with Crippen LogP contribution in [0.4, 0.5) is 0 Å². The fraction of sp³-hybridized carbons (Fsp3) is 0.562. The molecule has 5 heteroatoms. The molecule has 114 valence electrons. The highest BCUT2D eigenvalue weighted by Gasteiger charge is 2.29. The normalized spacial score (nSPS) is 21.6. The Labute approximate surface area is 130 Å². The van der Waals surface area contributed by atoms with E-state index in [1.54, 1.807) is 24.3 Å². The first-order chi connectivity index (χ1) is 10.2. The van der Waals surface area contributed by atoms with Crippen LogP contribution in [0, 0.1) is 5.92 Å². The molecule has 1 aromatic rings. The molecule has 1 saturated heterocycles. The monoisotopic (exact) mass is 309 g/mol. The van der Waals surface area contributed by atoms with Crippen molar-refractivity contribution in [2.24, 2.45) is 5.92 Å². The summed E-state index contributed by atoms with van der Waals surface area (Å²) in [5, 5.41) is 0.656. The molecule has 1 aromatic carbocycles. The van der Waals surface area contributed by atoms with E-state index in [0.29, 0.717) is 17.3 Å². The van der Waals surface area contributed by atoms with Gasteiger partial charge in [-0.05, 0) is 49.4 Å². The van der Waals surface area contributed by atoms with E-state index in [1.165, 1.54) is 12.8 Å². The topological polar surface area (TPSA) is 38.8 Å². The van der Waals surface area contributed by atoms with Gasteiger partial charge in [-0.3, -0.25) is 4.79 Å². The lowest BCUT2D eigenvalue weighted by Crippen LogP contribution is -2.34. The molecule has 2 fully saturated rings. The molecule has 1 heterocycles. The predicted octanol–water partition coefficient (Wildman–Crippen LogP) is 2.75. The second kappa shape index (κ2) is 6.67. The second-order valence-electron chi connectivity index (χ2n) is 5.77. The van der Waals surface area contributed by atoms with Gasteiger partial charge in [-0.15, -0.1) is 0 Å². The molecule has 1 saturated carbocycles. The van der Waals surface area contributed by atoms with Crippen molar-refractivity contribution in [2.45, 2.75) is 25.4 Å². The van der Waals surface area contributed by atoms with Crippen LogP contribution in [0.2, 0.25) is 5.02 Å². The summed E-state index contributed by atoms with van der Waals surface area (Å²) in [5.74, 6) is 1.44. The zero-order valence-electron chi connectivity index (χ0n) is 12.0. The van der Waals surface area contributed by atoms with E-state index in [4.69, 9.17) is 21.1 Å². The quantitative estimate of drug-likeness (QED) is 0.811. The van der Waals surface area contributed by atoms with Crippen LogP contribution >= 0.6 is 11.6 Å². The lowest BCUT2D eigenvalue weighted by atomic mass is 10.3. The van der Waals surface area contributed by atoms with Crippen LogP contribution in [-0.2, 0) is 9.53 Å². The van der Waals surface area contributed by atoms with E-state index in [1.807, 2.05) is 4.90 Å². The molecule has 21 heavy (non-hydrogen) atoms. The van der Waals surface area contributed by atoms with E-state index in [2.05, 4.69) is 0 Å². The van der Waals surface area contributed by atoms with E-state index >= 15 is 0 Å². The number of likely N-dealkylation sites (tertiary alicyclic amines) is 1. The minimum atomic E-state index is 0.0162. The van der Waals surface area contributed by atoms with E-state index < -0.39 is 0 Å². The molecule has 3 rings (SSSR count). The van der Waals surface area contributed by atoms with Crippen molar-refractivity contribution < 1.29 is 14.3 Å². The number of rotatable bonds is 6. The number of amides is 1. The Balaban J connectivity index is 1.39. The molecule has 0 spiro atoms. The van der Waals surface area contributed by atoms with Crippen molar-refractivity contribution in [3.05, 3.63) is 29.3 Å². The Bertz CT molecular complexity index is 487. The Morgan fingerprint density at radius 2 is 2.00 bits per heavy atom. The lowest BCUT2D eigenvalue weighted by molar-refractivity contribution is -0.132. The number of hydrogen-bond acceptors (Lipinski definition) is 3. The van der Waals surface area contributed by atoms with Gasteiger partial charge in [-0.25, -0.2) is 0 Å². The molecular weight excluding hydrogens is 290 g/mol. The molecular formula is C16H20ClNO3. The highest BCUT2D eigenvalue weighted by Crippen LogP contribution is 2.30. The van der Waals surface area contributed by atoms with Gasteiger partial charge < -0.3 is 14.4 Å². The number of carbonyl (C=O) groups excluding carboxylic acids is 1. The van der Waals surface area contributed by atoms with Crippen LogP contribution in [0.1, 0.15) is 19.3 Å². The standard InChI is InChI=1S/C16H20ClNO3/c17-13-3-5-14(6-4-13)21-11-16(19)18-8-7-15(9-18)20-10-12-1-2-12/h3-6,12,15H,1-2,7-11H2/t15-/m0/s1. The molecule has 0 unspecified atom stereocenters. The molecule has 1 aliphatic heterocycles. The maximum atomic E-state index is 12.1. The summed E-state index contributed by atoms with van der Waals surface area (Å²) < 4.78 is 11.3. The molecule has 2 aliphatic rings. The largest absolute Gasteiger partial charge is 0.484 e. The van der Waals surface area contributed by atoms with Gasteiger partial charge in [-0.2, -0.15) is 0 Å². The first-order valence-electron chi connectivity index (χ1n) is 7.48. The average Bonchev–Trinajstić information content (AvgIpc) is 3.20. The minimum Gasteiger partial charge on any atom is -0.484 e. The summed E-state index contributed by atoms with van der Waals surface area (Å²) in [5.41, 5.74) is 0. The fourth-order valence-electron chi connectivity index (χ4n) is 2.41. The van der Waals surface area contributed by atoms with Crippen LogP contribution in [-0.4, -0.2) is 43.2 Å². The highest BCUT2D eigenvalue weighted by molar-refractivity contribution is 6.30. The summed E-state index contributed by atoms with van der Waals surface area (Å²) in [7, 11) is 0. The summed E-state index contributed by atoms with van der Waals surface area (Å²) in [6.45, 7) is 2.37. The average molecular weight is 310 g/mol. The van der Waals surface area contributed by atoms with Gasteiger partial charge >= 0.3 is 0 Å². The van der Waals surface area contributed by atoms with Crippen molar-refractivity contribution in [1.82, 2.24) is 4.90 Å². The van der Waals surface area contributed by atoms with Crippen molar-refractivity contribution in [2.75, 3.05) is 26.3 Å². The molecule has 4 nitrogen and oxygen atoms in total. The van der Waals surface area contributed by atoms with Crippen molar-refractivity contribution in [3.8, 4) is 5.75 Å². The van der Waals surface area contributed by atoms with Gasteiger partial charge in [0.2, 0.25) is 0 Å². The van der Waals surface area contributed by atoms with Gasteiger partial charge in [0.25, 0.3) is 5.91 Å². The van der Waals surface area contributed by atoms with Crippen LogP contribution < -0.4 is 4.74 Å². The van der Waals surface area contributed by atoms with Crippen LogP contribution in [0.25, 0.3) is 0 Å². The van der Waals surface area contributed by atoms with Crippen LogP contribution in [0.3, 0.4) is 0 Å². The summed E-state index contributed by atoms with van der Waals surface area (Å²) in [6, 6.07) is 7.03. The van der Waals surface area contributed by atoms with Crippen molar-refractivity contribution in [3.63, 3.8) is 0 Å². The second-order valence-corrected chi connectivity index (χ2v) is 6.21. The van der Waals surface area contributed by atoms with E-state index in [-0.39, 0.29) is 18.6 Å². The molecule has 1 atom stereocenters. The first kappa shape index (κ1) is 14.7. The van der Waals surface area contributed by atoms with Gasteiger partial charge in [0, 0.05) is 24.7 Å².